The summed E-state index contributed by atoms with van der Waals surface area (Å²) in [6.07, 6.45) is -3.33. The first-order valence-corrected chi connectivity index (χ1v) is 7.10. The lowest BCUT2D eigenvalue weighted by Crippen LogP contribution is -2.43. The van der Waals surface area contributed by atoms with E-state index in [4.69, 9.17) is 5.73 Å². The van der Waals surface area contributed by atoms with Gasteiger partial charge in [-0.15, -0.1) is 24.8 Å². The third-order valence-corrected chi connectivity index (χ3v) is 3.10. The number of nitrogens with zero attached hydrogens (tertiary/aromatic N) is 1. The number of halogens is 5. The number of carbonyl (C=O) groups excluding carboxylic acids is 1. The molecule has 0 aromatic heterocycles. The van der Waals surface area contributed by atoms with Gasteiger partial charge in [-0.2, -0.15) is 13.2 Å². The lowest BCUT2D eigenvalue weighted by molar-refractivity contribution is -0.143. The third kappa shape index (κ3) is 11.5. The van der Waals surface area contributed by atoms with E-state index < -0.39 is 18.8 Å². The normalized spacial score (nSPS) is 12.1. The van der Waals surface area contributed by atoms with Crippen LogP contribution in [0, 0.1) is 0 Å². The highest BCUT2D eigenvalue weighted by molar-refractivity contribution is 5.85. The maximum atomic E-state index is 12.1. The van der Waals surface area contributed by atoms with Crippen LogP contribution in [0.4, 0.5) is 13.2 Å². The number of nitrogens with two attached hydrogens (primary N) is 1. The maximum Gasteiger partial charge on any atom is 0.401 e. The molecule has 1 aromatic carbocycles. The summed E-state index contributed by atoms with van der Waals surface area (Å²) < 4.78 is 36.4. The Balaban J connectivity index is 0. The zero-order valence-electron chi connectivity index (χ0n) is 13.4. The smallest absolute Gasteiger partial charge is 0.355 e. The molecule has 1 unspecified atom stereocenters. The van der Waals surface area contributed by atoms with Crippen LogP contribution in [-0.2, 0) is 11.2 Å². The predicted molar refractivity (Wildman–Crippen MR) is 93.8 cm³/mol. The summed E-state index contributed by atoms with van der Waals surface area (Å²) in [5.74, 6) is -0.290. The highest BCUT2D eigenvalue weighted by Crippen LogP contribution is 2.15. The van der Waals surface area contributed by atoms with E-state index in [1.54, 1.807) is 0 Å². The fourth-order valence-corrected chi connectivity index (χ4v) is 2.04. The highest BCUT2D eigenvalue weighted by Gasteiger charge is 2.28. The van der Waals surface area contributed by atoms with Crippen molar-refractivity contribution < 1.29 is 18.0 Å². The fraction of sp³-hybridized carbons (Fsp3) is 0.533. The van der Waals surface area contributed by atoms with E-state index in [1.807, 2.05) is 30.3 Å². The van der Waals surface area contributed by atoms with E-state index in [1.165, 1.54) is 11.9 Å². The Morgan fingerprint density at radius 1 is 1.25 bits per heavy atom. The Morgan fingerprint density at radius 3 is 2.38 bits per heavy atom. The SMILES string of the molecule is CN(CCCNC(=O)C(N)Cc1ccccc1)CC(F)(F)F.Cl.Cl. The first-order chi connectivity index (χ1) is 10.3. The quantitative estimate of drug-likeness (QED) is 0.671. The molecular weight excluding hydrogens is 366 g/mol. The summed E-state index contributed by atoms with van der Waals surface area (Å²) >= 11 is 0. The summed E-state index contributed by atoms with van der Waals surface area (Å²) in [5, 5.41) is 2.65. The molecule has 1 atom stereocenters. The molecule has 0 aliphatic carbocycles. The lowest BCUT2D eigenvalue weighted by Gasteiger charge is -2.18. The maximum absolute atomic E-state index is 12.1. The molecule has 0 fully saturated rings. The molecule has 1 aromatic rings. The largest absolute Gasteiger partial charge is 0.401 e. The minimum atomic E-state index is -4.20. The van der Waals surface area contributed by atoms with E-state index in [2.05, 4.69) is 5.32 Å². The summed E-state index contributed by atoms with van der Waals surface area (Å²) in [4.78, 5) is 13.0. The highest BCUT2D eigenvalue weighted by atomic mass is 35.5. The zero-order chi connectivity index (χ0) is 16.6. The Bertz CT molecular complexity index is 461. The van der Waals surface area contributed by atoms with Crippen LogP contribution in [0.15, 0.2) is 30.3 Å². The molecule has 4 nitrogen and oxygen atoms in total. The number of nitrogens with one attached hydrogen (secondary N) is 1. The number of amides is 1. The summed E-state index contributed by atoms with van der Waals surface area (Å²) in [7, 11) is 1.40. The third-order valence-electron chi connectivity index (χ3n) is 3.10. The van der Waals surface area contributed by atoms with Crippen LogP contribution in [-0.4, -0.2) is 49.7 Å². The Labute approximate surface area is 152 Å². The molecule has 140 valence electrons. The molecule has 0 saturated carbocycles. The molecule has 0 saturated heterocycles. The Morgan fingerprint density at radius 2 is 1.83 bits per heavy atom. The van der Waals surface area contributed by atoms with Crippen LogP contribution >= 0.6 is 24.8 Å². The summed E-state index contributed by atoms with van der Waals surface area (Å²) in [6, 6.07) is 8.74. The molecule has 3 N–H and O–H groups in total. The molecule has 0 spiro atoms. The lowest BCUT2D eigenvalue weighted by atomic mass is 10.1. The van der Waals surface area contributed by atoms with Gasteiger partial charge in [0, 0.05) is 6.54 Å². The molecule has 9 heteroatoms. The van der Waals surface area contributed by atoms with Crippen LogP contribution in [0.1, 0.15) is 12.0 Å². The van der Waals surface area contributed by atoms with Crippen molar-refractivity contribution in [2.75, 3.05) is 26.7 Å². The van der Waals surface area contributed by atoms with Gasteiger partial charge in [0.05, 0.1) is 12.6 Å². The van der Waals surface area contributed by atoms with Crippen LogP contribution in [0.25, 0.3) is 0 Å². The number of alkyl halides is 3. The fourth-order valence-electron chi connectivity index (χ4n) is 2.04. The minimum Gasteiger partial charge on any atom is -0.355 e. The average Bonchev–Trinajstić information content (AvgIpc) is 2.42. The van der Waals surface area contributed by atoms with Crippen molar-refractivity contribution in [3.05, 3.63) is 35.9 Å². The van der Waals surface area contributed by atoms with E-state index in [0.717, 1.165) is 5.56 Å². The van der Waals surface area contributed by atoms with Gasteiger partial charge in [-0.25, -0.2) is 0 Å². The van der Waals surface area contributed by atoms with Gasteiger partial charge in [0.15, 0.2) is 0 Å². The van der Waals surface area contributed by atoms with E-state index >= 15 is 0 Å². The van der Waals surface area contributed by atoms with Gasteiger partial charge in [-0.1, -0.05) is 30.3 Å². The van der Waals surface area contributed by atoms with Crippen molar-refractivity contribution in [1.82, 2.24) is 10.2 Å². The number of hydrogen-bond acceptors (Lipinski definition) is 3. The molecule has 0 aliphatic rings. The average molecular weight is 390 g/mol. The first kappa shape index (κ1) is 25.2. The van der Waals surface area contributed by atoms with Crippen LogP contribution in [0.2, 0.25) is 0 Å². The van der Waals surface area contributed by atoms with Gasteiger partial charge in [-0.05, 0) is 32.0 Å². The summed E-state index contributed by atoms with van der Waals surface area (Å²) in [6.45, 7) is -0.383. The Hall–Kier alpha value is -1.02. The number of carbonyl (C=O) groups is 1. The van der Waals surface area contributed by atoms with E-state index in [9.17, 15) is 18.0 Å². The van der Waals surface area contributed by atoms with Gasteiger partial charge < -0.3 is 11.1 Å². The molecule has 24 heavy (non-hydrogen) atoms. The van der Waals surface area contributed by atoms with Crippen molar-refractivity contribution in [1.29, 1.82) is 0 Å². The second-order valence-corrected chi connectivity index (χ2v) is 5.29. The van der Waals surface area contributed by atoms with Crippen molar-refractivity contribution >= 4 is 30.7 Å². The number of rotatable bonds is 8. The molecule has 0 bridgehead atoms. The molecule has 0 radical (unpaired) electrons. The molecule has 0 heterocycles. The van der Waals surface area contributed by atoms with Gasteiger partial charge in [-0.3, -0.25) is 9.69 Å². The second-order valence-electron chi connectivity index (χ2n) is 5.29. The monoisotopic (exact) mass is 389 g/mol. The van der Waals surface area contributed by atoms with Gasteiger partial charge in [0.2, 0.25) is 5.91 Å². The standard InChI is InChI=1S/C15H22F3N3O.2ClH/c1-21(11-15(16,17)18)9-5-8-20-14(22)13(19)10-12-6-3-2-4-7-12;;/h2-4,6-7,13H,5,8-11,19H2,1H3,(H,20,22);2*1H. The predicted octanol–water partition coefficient (Wildman–Crippen LogP) is 2.40. The van der Waals surface area contributed by atoms with Crippen molar-refractivity contribution in [3.8, 4) is 0 Å². The minimum absolute atomic E-state index is 0. The van der Waals surface area contributed by atoms with Gasteiger partial charge in [0.1, 0.15) is 0 Å². The summed E-state index contributed by atoms with van der Waals surface area (Å²) in [5.41, 5.74) is 6.77. The first-order valence-electron chi connectivity index (χ1n) is 7.10. The van der Waals surface area contributed by atoms with Crippen LogP contribution in [0.3, 0.4) is 0 Å². The molecule has 0 aliphatic heterocycles. The van der Waals surface area contributed by atoms with Crippen molar-refractivity contribution in [3.63, 3.8) is 0 Å². The van der Waals surface area contributed by atoms with Crippen molar-refractivity contribution in [2.45, 2.75) is 25.1 Å². The van der Waals surface area contributed by atoms with Gasteiger partial charge in [0.25, 0.3) is 0 Å². The van der Waals surface area contributed by atoms with Gasteiger partial charge >= 0.3 is 6.18 Å². The zero-order valence-corrected chi connectivity index (χ0v) is 15.0. The van der Waals surface area contributed by atoms with E-state index in [0.29, 0.717) is 19.4 Å². The van der Waals surface area contributed by atoms with E-state index in [-0.39, 0.29) is 37.3 Å². The Kier molecular flexibility index (Phi) is 13.0. The topological polar surface area (TPSA) is 58.4 Å². The van der Waals surface area contributed by atoms with Crippen LogP contribution in [0.5, 0.6) is 0 Å². The van der Waals surface area contributed by atoms with Crippen molar-refractivity contribution in [2.24, 2.45) is 5.73 Å². The molecule has 1 amide bonds. The number of hydrogen-bond donors (Lipinski definition) is 2. The second kappa shape index (κ2) is 12.4. The molecular formula is C15H24Cl2F3N3O. The van der Waals surface area contributed by atoms with Crippen LogP contribution < -0.4 is 11.1 Å². The molecule has 1 rings (SSSR count). The number of benzene rings is 1.